The second kappa shape index (κ2) is 7.75. The number of hydrogen-bond donors (Lipinski definition) is 0. The number of hydrogen-bond acceptors (Lipinski definition) is 3. The molecule has 3 nitrogen and oxygen atoms in total. The molecule has 0 radical (unpaired) electrons. The van der Waals surface area contributed by atoms with Crippen molar-refractivity contribution in [2.45, 2.75) is 12.5 Å². The Bertz CT molecular complexity index is 988. The van der Waals surface area contributed by atoms with Crippen LogP contribution in [0, 0.1) is 0 Å². The molecule has 3 aromatic carbocycles. The molecule has 0 fully saturated rings. The van der Waals surface area contributed by atoms with E-state index in [4.69, 9.17) is 21.4 Å². The SMILES string of the molecule is COc1ccccc1[C@@H]1CC(c2ccc(Br)cc2)=NN1c1cccc(Cl)c1. The maximum Gasteiger partial charge on any atom is 0.124 e. The molecule has 0 aliphatic carbocycles. The minimum absolute atomic E-state index is 0.0401. The predicted octanol–water partition coefficient (Wildman–Crippen LogP) is 6.47. The van der Waals surface area contributed by atoms with E-state index in [1.807, 2.05) is 59.6 Å². The van der Waals surface area contributed by atoms with Crippen molar-refractivity contribution in [2.24, 2.45) is 5.10 Å². The molecule has 136 valence electrons. The summed E-state index contributed by atoms with van der Waals surface area (Å²) in [5.41, 5.74) is 4.22. The Kier molecular flexibility index (Phi) is 5.19. The Morgan fingerprint density at radius 1 is 1.04 bits per heavy atom. The van der Waals surface area contributed by atoms with Crippen LogP contribution < -0.4 is 9.75 Å². The van der Waals surface area contributed by atoms with Crippen LogP contribution in [0.15, 0.2) is 82.4 Å². The number of para-hydroxylation sites is 1. The van der Waals surface area contributed by atoms with Gasteiger partial charge in [-0.25, -0.2) is 0 Å². The van der Waals surface area contributed by atoms with Crippen molar-refractivity contribution in [2.75, 3.05) is 12.1 Å². The van der Waals surface area contributed by atoms with Crippen molar-refractivity contribution in [3.63, 3.8) is 0 Å². The van der Waals surface area contributed by atoms with Gasteiger partial charge in [0.15, 0.2) is 0 Å². The minimum Gasteiger partial charge on any atom is -0.496 e. The van der Waals surface area contributed by atoms with Crippen LogP contribution in [0.5, 0.6) is 5.75 Å². The molecular formula is C22H18BrClN2O. The lowest BCUT2D eigenvalue weighted by Gasteiger charge is -2.25. The zero-order chi connectivity index (χ0) is 18.8. The molecule has 1 aliphatic rings. The highest BCUT2D eigenvalue weighted by Crippen LogP contribution is 2.40. The third kappa shape index (κ3) is 3.73. The number of methoxy groups -OCH3 is 1. The van der Waals surface area contributed by atoms with Gasteiger partial charge in [0.05, 0.1) is 24.6 Å². The standard InChI is InChI=1S/C22H18BrClN2O/c1-27-22-8-3-2-7-19(22)21-14-20(15-9-11-16(23)12-10-15)25-26(21)18-6-4-5-17(24)13-18/h2-13,21H,14H2,1H3/t21-/m0/s1. The first-order chi connectivity index (χ1) is 13.2. The van der Waals surface area contributed by atoms with Gasteiger partial charge in [0.25, 0.3) is 0 Å². The molecule has 27 heavy (non-hydrogen) atoms. The normalized spacial score (nSPS) is 16.3. The number of ether oxygens (including phenoxy) is 1. The molecule has 1 heterocycles. The lowest BCUT2D eigenvalue weighted by Crippen LogP contribution is -2.19. The monoisotopic (exact) mass is 440 g/mol. The molecule has 4 rings (SSSR count). The maximum atomic E-state index is 6.24. The lowest BCUT2D eigenvalue weighted by atomic mass is 9.97. The molecule has 0 amide bonds. The largest absolute Gasteiger partial charge is 0.496 e. The van der Waals surface area contributed by atoms with Crippen molar-refractivity contribution >= 4 is 38.9 Å². The zero-order valence-corrected chi connectivity index (χ0v) is 17.1. The van der Waals surface area contributed by atoms with Crippen LogP contribution in [0.3, 0.4) is 0 Å². The number of benzene rings is 3. The number of hydrazone groups is 1. The van der Waals surface area contributed by atoms with Crippen LogP contribution in [-0.2, 0) is 0 Å². The summed E-state index contributed by atoms with van der Waals surface area (Å²) in [6, 6.07) is 24.2. The fourth-order valence-electron chi connectivity index (χ4n) is 3.37. The van der Waals surface area contributed by atoms with Crippen LogP contribution in [-0.4, -0.2) is 12.8 Å². The highest BCUT2D eigenvalue weighted by molar-refractivity contribution is 9.10. The second-order valence-corrected chi connectivity index (χ2v) is 7.69. The van der Waals surface area contributed by atoms with Gasteiger partial charge in [-0.1, -0.05) is 63.9 Å². The second-order valence-electron chi connectivity index (χ2n) is 6.34. The summed E-state index contributed by atoms with van der Waals surface area (Å²) >= 11 is 9.74. The third-order valence-electron chi connectivity index (χ3n) is 4.66. The first-order valence-corrected chi connectivity index (χ1v) is 9.84. The number of rotatable bonds is 4. The van der Waals surface area contributed by atoms with Crippen LogP contribution >= 0.6 is 27.5 Å². The zero-order valence-electron chi connectivity index (χ0n) is 14.8. The van der Waals surface area contributed by atoms with Gasteiger partial charge in [0.2, 0.25) is 0 Å². The highest BCUT2D eigenvalue weighted by atomic mass is 79.9. The van der Waals surface area contributed by atoms with E-state index in [9.17, 15) is 0 Å². The van der Waals surface area contributed by atoms with Crippen LogP contribution in [0.25, 0.3) is 0 Å². The van der Waals surface area contributed by atoms with Crippen molar-refractivity contribution < 1.29 is 4.74 Å². The van der Waals surface area contributed by atoms with Crippen molar-refractivity contribution in [1.82, 2.24) is 0 Å². The molecule has 0 unspecified atom stereocenters. The molecule has 0 N–H and O–H groups in total. The average Bonchev–Trinajstić information content (AvgIpc) is 3.14. The quantitative estimate of drug-likeness (QED) is 0.464. The van der Waals surface area contributed by atoms with Gasteiger partial charge in [-0.15, -0.1) is 0 Å². The summed E-state index contributed by atoms with van der Waals surface area (Å²) in [4.78, 5) is 0. The summed E-state index contributed by atoms with van der Waals surface area (Å²) in [5, 5.41) is 7.69. The number of nitrogens with zero attached hydrogens (tertiary/aromatic N) is 2. The summed E-state index contributed by atoms with van der Waals surface area (Å²) < 4.78 is 6.67. The first-order valence-electron chi connectivity index (χ1n) is 8.67. The van der Waals surface area contributed by atoms with E-state index in [0.29, 0.717) is 5.02 Å². The van der Waals surface area contributed by atoms with Crippen LogP contribution in [0.2, 0.25) is 5.02 Å². The molecular weight excluding hydrogens is 424 g/mol. The molecule has 5 heteroatoms. The summed E-state index contributed by atoms with van der Waals surface area (Å²) in [6.07, 6.45) is 0.786. The minimum atomic E-state index is 0.0401. The molecule has 1 atom stereocenters. The fraction of sp³-hybridized carbons (Fsp3) is 0.136. The molecule has 1 aliphatic heterocycles. The van der Waals surface area contributed by atoms with E-state index in [2.05, 4.69) is 34.1 Å². The molecule has 0 spiro atoms. The molecule has 0 saturated heterocycles. The Hall–Kier alpha value is -2.30. The molecule has 3 aromatic rings. The summed E-state index contributed by atoms with van der Waals surface area (Å²) in [6.45, 7) is 0. The van der Waals surface area contributed by atoms with Gasteiger partial charge < -0.3 is 4.74 Å². The summed E-state index contributed by atoms with van der Waals surface area (Å²) in [5.74, 6) is 0.863. The average molecular weight is 442 g/mol. The Labute approximate surface area is 172 Å². The van der Waals surface area contributed by atoms with Gasteiger partial charge in [0.1, 0.15) is 5.75 Å². The van der Waals surface area contributed by atoms with E-state index in [1.54, 1.807) is 7.11 Å². The number of anilines is 1. The first kappa shape index (κ1) is 18.1. The van der Waals surface area contributed by atoms with Gasteiger partial charge in [-0.3, -0.25) is 5.01 Å². The fourth-order valence-corrected chi connectivity index (χ4v) is 3.82. The van der Waals surface area contributed by atoms with E-state index >= 15 is 0 Å². The highest BCUT2D eigenvalue weighted by Gasteiger charge is 2.31. The van der Waals surface area contributed by atoms with Gasteiger partial charge in [-0.2, -0.15) is 5.10 Å². The predicted molar refractivity (Wildman–Crippen MR) is 115 cm³/mol. The molecule has 0 bridgehead atoms. The van der Waals surface area contributed by atoms with Crippen molar-refractivity contribution in [3.8, 4) is 5.75 Å². The smallest absolute Gasteiger partial charge is 0.124 e. The summed E-state index contributed by atoms with van der Waals surface area (Å²) in [7, 11) is 1.70. The molecule has 0 saturated carbocycles. The molecule has 0 aromatic heterocycles. The van der Waals surface area contributed by atoms with Crippen molar-refractivity contribution in [3.05, 3.63) is 93.4 Å². The van der Waals surface area contributed by atoms with Crippen LogP contribution in [0.1, 0.15) is 23.6 Å². The third-order valence-corrected chi connectivity index (χ3v) is 5.42. The Morgan fingerprint density at radius 2 is 1.81 bits per heavy atom. The topological polar surface area (TPSA) is 24.8 Å². The van der Waals surface area contributed by atoms with E-state index in [0.717, 1.165) is 39.2 Å². The van der Waals surface area contributed by atoms with E-state index in [-0.39, 0.29) is 6.04 Å². The Balaban J connectivity index is 1.79. The van der Waals surface area contributed by atoms with Crippen molar-refractivity contribution in [1.29, 1.82) is 0 Å². The van der Waals surface area contributed by atoms with E-state index in [1.165, 1.54) is 0 Å². The maximum absolute atomic E-state index is 6.24. The Morgan fingerprint density at radius 3 is 2.56 bits per heavy atom. The van der Waals surface area contributed by atoms with E-state index < -0.39 is 0 Å². The van der Waals surface area contributed by atoms with Crippen LogP contribution in [0.4, 0.5) is 5.69 Å². The lowest BCUT2D eigenvalue weighted by molar-refractivity contribution is 0.405. The van der Waals surface area contributed by atoms with Gasteiger partial charge in [-0.05, 0) is 42.0 Å². The van der Waals surface area contributed by atoms with Gasteiger partial charge in [0, 0.05) is 21.5 Å². The van der Waals surface area contributed by atoms with Gasteiger partial charge >= 0.3 is 0 Å². The number of halogens is 2.